The van der Waals surface area contributed by atoms with E-state index in [9.17, 15) is 8.22 Å². The Morgan fingerprint density at radius 1 is 0.353 bits per heavy atom. The molecule has 0 radical (unpaired) electrons. The zero-order valence-electron chi connectivity index (χ0n) is 49.1. The van der Waals surface area contributed by atoms with Crippen LogP contribution in [0.25, 0.3) is 99.1 Å². The van der Waals surface area contributed by atoms with E-state index in [1.54, 1.807) is 48.5 Å². The van der Waals surface area contributed by atoms with Crippen LogP contribution >= 0.6 is 0 Å². The Kier molecular flexibility index (Phi) is 3.36. The van der Waals surface area contributed by atoms with Crippen LogP contribution in [0.15, 0.2) is 198 Å². The molecule has 10 aromatic rings. The van der Waals surface area contributed by atoms with Crippen molar-refractivity contribution in [2.75, 3.05) is 0 Å². The van der Waals surface area contributed by atoms with Crippen molar-refractivity contribution in [3.63, 3.8) is 0 Å². The molecule has 0 amide bonds. The molecule has 10 rings (SSSR count). The molecule has 0 bridgehead atoms. The molecule has 0 saturated carbocycles. The van der Waals surface area contributed by atoms with E-state index in [4.69, 9.17) is 27.7 Å². The number of hydrogen-bond donors (Lipinski definition) is 0. The minimum absolute atomic E-state index is 0.0779. The summed E-state index contributed by atoms with van der Waals surface area (Å²) < 4.78 is 210. The van der Waals surface area contributed by atoms with Gasteiger partial charge in [0.25, 0.3) is 0 Å². The number of benzene rings is 9. The average Bonchev–Trinajstić information content (AvgIpc) is 3.80. The molecule has 0 unspecified atom stereocenters. The molecule has 0 spiro atoms. The second-order valence-electron chi connectivity index (χ2n) is 11.4. The lowest BCUT2D eigenvalue weighted by atomic mass is 9.83. The van der Waals surface area contributed by atoms with Crippen molar-refractivity contribution in [3.05, 3.63) is 194 Å². The SMILES string of the molecule is [2H]c1c(-c2c3ccccc3c(-c3c([2H])c([2H])c([2H])c4oc5c([2H])c(-c6c([2H])c([2H])c([2H])c([2H])c6[2H])c([2H])c([2H])c5c34)c3ccccc23)cc(-c2c([2H])c([2H])c([2H])c([2H])c2[2H])c(-c2c([2H])c([2H])c([2H])c([2H])c2[2H])c1[2H]. The summed E-state index contributed by atoms with van der Waals surface area (Å²) in [4.78, 5) is 0. The minimum atomic E-state index is -0.789. The summed E-state index contributed by atoms with van der Waals surface area (Å²) in [5.74, 6) is 0. The average molecular weight is 672 g/mol. The predicted molar refractivity (Wildman–Crippen MR) is 216 cm³/mol. The number of fused-ring (bicyclic) bond motifs is 5. The Balaban J connectivity index is 1.37. The van der Waals surface area contributed by atoms with Crippen LogP contribution in [0.2, 0.25) is 0 Å². The molecule has 0 atom stereocenters. The van der Waals surface area contributed by atoms with Crippen molar-refractivity contribution < 1.29 is 35.9 Å². The molecule has 0 aliphatic heterocycles. The van der Waals surface area contributed by atoms with Crippen LogP contribution in [-0.2, 0) is 0 Å². The van der Waals surface area contributed by atoms with Gasteiger partial charge < -0.3 is 4.42 Å². The normalized spacial score (nSPS) is 17.8. The van der Waals surface area contributed by atoms with Crippen LogP contribution in [0.4, 0.5) is 0 Å². The fourth-order valence-corrected chi connectivity index (χ4v) is 6.56. The second kappa shape index (κ2) is 12.0. The third-order valence-corrected chi connectivity index (χ3v) is 8.67. The molecule has 238 valence electrons. The summed E-state index contributed by atoms with van der Waals surface area (Å²) >= 11 is 0. The van der Waals surface area contributed by atoms with E-state index in [2.05, 4.69) is 0 Å². The Hall–Kier alpha value is -6.70. The van der Waals surface area contributed by atoms with Crippen molar-refractivity contribution in [2.24, 2.45) is 0 Å². The molecule has 0 aliphatic carbocycles. The van der Waals surface area contributed by atoms with Crippen LogP contribution in [-0.4, -0.2) is 0 Å². The van der Waals surface area contributed by atoms with Crippen molar-refractivity contribution in [1.29, 1.82) is 0 Å². The first-order valence-electron chi connectivity index (χ1n) is 27.1. The highest BCUT2D eigenvalue weighted by Gasteiger charge is 2.21. The third-order valence-electron chi connectivity index (χ3n) is 8.67. The highest BCUT2D eigenvalue weighted by atomic mass is 16.3. The smallest absolute Gasteiger partial charge is 0.136 e. The fraction of sp³-hybridized carbons (Fsp3) is 0. The van der Waals surface area contributed by atoms with Gasteiger partial charge in [-0.25, -0.2) is 0 Å². The lowest BCUT2D eigenvalue weighted by molar-refractivity contribution is 0.669. The lowest BCUT2D eigenvalue weighted by Crippen LogP contribution is -1.93. The Morgan fingerprint density at radius 3 is 1.53 bits per heavy atom. The highest BCUT2D eigenvalue weighted by Crippen LogP contribution is 2.48. The lowest BCUT2D eigenvalue weighted by Gasteiger charge is -2.19. The summed E-state index contributed by atoms with van der Waals surface area (Å²) in [5, 5.41) is 0.818. The van der Waals surface area contributed by atoms with E-state index in [-0.39, 0.29) is 44.2 Å². The van der Waals surface area contributed by atoms with E-state index in [0.717, 1.165) is 0 Å². The summed E-state index contributed by atoms with van der Waals surface area (Å²) in [5.41, 5.74) is -3.47. The summed E-state index contributed by atoms with van der Waals surface area (Å²) in [6.07, 6.45) is 0. The Labute approximate surface area is 329 Å². The van der Waals surface area contributed by atoms with Crippen LogP contribution in [0.1, 0.15) is 31.5 Å². The van der Waals surface area contributed by atoms with E-state index in [0.29, 0.717) is 21.5 Å². The maximum Gasteiger partial charge on any atom is 0.136 e. The molecular formula is C50H32O. The van der Waals surface area contributed by atoms with E-state index in [1.807, 2.05) is 0 Å². The monoisotopic (exact) mass is 671 g/mol. The van der Waals surface area contributed by atoms with Crippen LogP contribution in [0.3, 0.4) is 0 Å². The first-order chi connectivity index (χ1) is 34.9. The maximum atomic E-state index is 9.70. The van der Waals surface area contributed by atoms with Gasteiger partial charge in [-0.05, 0) is 101 Å². The van der Waals surface area contributed by atoms with E-state index < -0.39 is 172 Å². The molecule has 51 heavy (non-hydrogen) atoms. The number of rotatable bonds is 5. The Morgan fingerprint density at radius 2 is 0.902 bits per heavy atom. The molecular weight excluding hydrogens is 617 g/mol. The predicted octanol–water partition coefficient (Wildman–Crippen LogP) is 14.2. The van der Waals surface area contributed by atoms with Gasteiger partial charge >= 0.3 is 0 Å². The summed E-state index contributed by atoms with van der Waals surface area (Å²) in [7, 11) is 0. The quantitative estimate of drug-likeness (QED) is 0.166. The first-order valence-corrected chi connectivity index (χ1v) is 15.6. The molecule has 0 N–H and O–H groups in total. The topological polar surface area (TPSA) is 13.1 Å². The molecule has 0 fully saturated rings. The number of hydrogen-bond acceptors (Lipinski definition) is 1. The van der Waals surface area contributed by atoms with Gasteiger partial charge in [0, 0.05) is 10.8 Å². The van der Waals surface area contributed by atoms with Crippen LogP contribution < -0.4 is 0 Å². The van der Waals surface area contributed by atoms with Crippen molar-refractivity contribution >= 4 is 43.5 Å². The van der Waals surface area contributed by atoms with E-state index >= 15 is 0 Å². The summed E-state index contributed by atoms with van der Waals surface area (Å²) in [6, 6.07) is -2.17. The molecule has 1 heteroatoms. The molecule has 9 aromatic carbocycles. The zero-order valence-corrected chi connectivity index (χ0v) is 26.1. The number of furan rings is 1. The molecule has 1 aromatic heterocycles. The van der Waals surface area contributed by atoms with Gasteiger partial charge in [-0.1, -0.05) is 169 Å². The largest absolute Gasteiger partial charge is 0.456 e. The van der Waals surface area contributed by atoms with Gasteiger partial charge in [-0.15, -0.1) is 0 Å². The second-order valence-corrected chi connectivity index (χ2v) is 11.4. The van der Waals surface area contributed by atoms with Crippen LogP contribution in [0.5, 0.6) is 0 Å². The van der Waals surface area contributed by atoms with Crippen molar-refractivity contribution in [3.8, 4) is 55.6 Å². The minimum Gasteiger partial charge on any atom is -0.456 e. The summed E-state index contributed by atoms with van der Waals surface area (Å²) in [6.45, 7) is 0. The maximum absolute atomic E-state index is 9.70. The fourth-order valence-electron chi connectivity index (χ4n) is 6.56. The Bertz CT molecular complexity index is 4090. The third kappa shape index (κ3) is 4.86. The molecule has 1 nitrogen and oxygen atoms in total. The van der Waals surface area contributed by atoms with Gasteiger partial charge in [0.05, 0.1) is 31.5 Å². The first kappa shape index (κ1) is 14.3. The van der Waals surface area contributed by atoms with Gasteiger partial charge in [-0.3, -0.25) is 0 Å². The van der Waals surface area contributed by atoms with Gasteiger partial charge in [0.15, 0.2) is 0 Å². The van der Waals surface area contributed by atoms with Gasteiger partial charge in [0.1, 0.15) is 11.2 Å². The highest BCUT2D eigenvalue weighted by molar-refractivity contribution is 6.25. The van der Waals surface area contributed by atoms with E-state index in [1.165, 1.54) is 6.07 Å². The molecule has 0 saturated heterocycles. The van der Waals surface area contributed by atoms with Crippen molar-refractivity contribution in [1.82, 2.24) is 0 Å². The standard InChI is InChI=1S/C50H32O/c1-4-15-33(16-5-1)36-27-30-43-47(32-36)51-46-26-14-25-44(50(43)46)49-41-23-12-10-21-39(41)48(40-22-11-13-24-42(40)49)37-28-29-38(34-17-6-2-7-18-34)45(31-37)35-19-8-3-9-20-35/h1-32H/i1D,2D,3D,4D,5D,6D,7D,8D,9D,14D,15D,16D,17D,18D,19D,20D,25D,26D,27D,28D,29D,30D,32D. The van der Waals surface area contributed by atoms with Crippen molar-refractivity contribution in [2.45, 2.75) is 0 Å². The molecule has 0 aliphatic rings. The zero-order chi connectivity index (χ0) is 53.7. The van der Waals surface area contributed by atoms with Crippen LogP contribution in [0, 0.1) is 0 Å². The molecule has 1 heterocycles. The van der Waals surface area contributed by atoms with Gasteiger partial charge in [-0.2, -0.15) is 0 Å². The van der Waals surface area contributed by atoms with Gasteiger partial charge in [0.2, 0.25) is 0 Å².